The van der Waals surface area contributed by atoms with E-state index in [4.69, 9.17) is 23.2 Å². The van der Waals surface area contributed by atoms with Gasteiger partial charge in [-0.05, 0) is 37.3 Å². The standard InChI is InChI=1S/C13H8Cl2N2S/c1-7-2-5-11(18-7)13-16-10-6-8(14)3-4-9(10)12(15)17-13/h2-6H,1H3. The van der Waals surface area contributed by atoms with Crippen molar-refractivity contribution >= 4 is 45.4 Å². The fraction of sp³-hybridized carbons (Fsp3) is 0.0769. The van der Waals surface area contributed by atoms with Crippen LogP contribution in [-0.2, 0) is 0 Å². The average Bonchev–Trinajstić information content (AvgIpc) is 2.75. The quantitative estimate of drug-likeness (QED) is 0.592. The topological polar surface area (TPSA) is 25.8 Å². The summed E-state index contributed by atoms with van der Waals surface area (Å²) in [5.74, 6) is 0.646. The predicted octanol–water partition coefficient (Wildman–Crippen LogP) is 4.97. The van der Waals surface area contributed by atoms with Gasteiger partial charge in [0.25, 0.3) is 0 Å². The van der Waals surface area contributed by atoms with Gasteiger partial charge >= 0.3 is 0 Å². The molecule has 3 rings (SSSR count). The fourth-order valence-corrected chi connectivity index (χ4v) is 2.94. The van der Waals surface area contributed by atoms with Crippen LogP contribution >= 0.6 is 34.5 Å². The highest BCUT2D eigenvalue weighted by Crippen LogP contribution is 2.30. The van der Waals surface area contributed by atoms with Crippen LogP contribution in [0.2, 0.25) is 10.2 Å². The maximum absolute atomic E-state index is 6.18. The number of hydrogen-bond donors (Lipinski definition) is 0. The third kappa shape index (κ3) is 2.09. The van der Waals surface area contributed by atoms with Crippen LogP contribution in [0, 0.1) is 6.92 Å². The lowest BCUT2D eigenvalue weighted by Gasteiger charge is -2.03. The highest BCUT2D eigenvalue weighted by Gasteiger charge is 2.09. The first-order valence-corrected chi connectivity index (χ1v) is 6.90. The van der Waals surface area contributed by atoms with E-state index in [2.05, 4.69) is 9.97 Å². The molecule has 0 bridgehead atoms. The molecule has 0 amide bonds. The Morgan fingerprint density at radius 3 is 2.61 bits per heavy atom. The van der Waals surface area contributed by atoms with Gasteiger partial charge in [0.05, 0.1) is 10.4 Å². The van der Waals surface area contributed by atoms with E-state index in [1.807, 2.05) is 25.1 Å². The van der Waals surface area contributed by atoms with Crippen LogP contribution in [0.15, 0.2) is 30.3 Å². The molecule has 0 saturated carbocycles. The molecule has 5 heteroatoms. The molecule has 18 heavy (non-hydrogen) atoms. The van der Waals surface area contributed by atoms with Crippen LogP contribution < -0.4 is 0 Å². The first-order chi connectivity index (χ1) is 8.63. The van der Waals surface area contributed by atoms with E-state index >= 15 is 0 Å². The third-order valence-corrected chi connectivity index (χ3v) is 4.09. The van der Waals surface area contributed by atoms with Gasteiger partial charge in [-0.2, -0.15) is 0 Å². The number of aromatic nitrogens is 2. The van der Waals surface area contributed by atoms with Crippen molar-refractivity contribution in [3.05, 3.63) is 45.4 Å². The van der Waals surface area contributed by atoms with Gasteiger partial charge in [-0.3, -0.25) is 0 Å². The molecule has 0 atom stereocenters. The van der Waals surface area contributed by atoms with Crippen molar-refractivity contribution in [1.82, 2.24) is 9.97 Å². The lowest BCUT2D eigenvalue weighted by atomic mass is 10.2. The average molecular weight is 295 g/mol. The van der Waals surface area contributed by atoms with Crippen molar-refractivity contribution in [3.63, 3.8) is 0 Å². The molecule has 0 saturated heterocycles. The molecule has 2 heterocycles. The Labute approximate surface area is 118 Å². The second kappa shape index (κ2) is 4.50. The number of hydrogen-bond acceptors (Lipinski definition) is 3. The fourth-order valence-electron chi connectivity index (χ4n) is 1.73. The summed E-state index contributed by atoms with van der Waals surface area (Å²) in [6, 6.07) is 9.47. The molecule has 3 aromatic rings. The van der Waals surface area contributed by atoms with E-state index in [1.54, 1.807) is 23.5 Å². The second-order valence-electron chi connectivity index (χ2n) is 3.91. The van der Waals surface area contributed by atoms with E-state index in [0.717, 1.165) is 15.8 Å². The van der Waals surface area contributed by atoms with Gasteiger partial charge in [-0.15, -0.1) is 11.3 Å². The third-order valence-electron chi connectivity index (χ3n) is 2.57. The van der Waals surface area contributed by atoms with Gasteiger partial charge in [0.15, 0.2) is 5.82 Å². The molecule has 0 aliphatic rings. The molecule has 2 nitrogen and oxygen atoms in total. The zero-order valence-corrected chi connectivity index (χ0v) is 11.8. The zero-order chi connectivity index (χ0) is 12.7. The van der Waals surface area contributed by atoms with Gasteiger partial charge in [0.1, 0.15) is 5.15 Å². The molecule has 0 spiro atoms. The summed E-state index contributed by atoms with van der Waals surface area (Å²) < 4.78 is 0. The molecule has 0 radical (unpaired) electrons. The van der Waals surface area contributed by atoms with E-state index in [1.165, 1.54) is 4.88 Å². The number of fused-ring (bicyclic) bond motifs is 1. The predicted molar refractivity (Wildman–Crippen MR) is 77.6 cm³/mol. The summed E-state index contributed by atoms with van der Waals surface area (Å²) >= 11 is 13.8. The minimum atomic E-state index is 0.456. The maximum atomic E-state index is 6.18. The van der Waals surface area contributed by atoms with Crippen LogP contribution in [0.4, 0.5) is 0 Å². The largest absolute Gasteiger partial charge is 0.227 e. The molecule has 0 N–H and O–H groups in total. The summed E-state index contributed by atoms with van der Waals surface area (Å²) in [4.78, 5) is 11.1. The molecule has 1 aromatic carbocycles. The Kier molecular flexibility index (Phi) is 2.98. The highest BCUT2D eigenvalue weighted by molar-refractivity contribution is 7.15. The number of thiophene rings is 1. The smallest absolute Gasteiger partial charge is 0.171 e. The maximum Gasteiger partial charge on any atom is 0.171 e. The lowest BCUT2D eigenvalue weighted by Crippen LogP contribution is -1.90. The summed E-state index contributed by atoms with van der Waals surface area (Å²) in [5, 5.41) is 1.92. The van der Waals surface area contributed by atoms with Crippen LogP contribution in [0.25, 0.3) is 21.6 Å². The van der Waals surface area contributed by atoms with Crippen molar-refractivity contribution in [2.45, 2.75) is 6.92 Å². The summed E-state index contributed by atoms with van der Waals surface area (Å²) in [6.45, 7) is 2.05. The van der Waals surface area contributed by atoms with Crippen molar-refractivity contribution in [2.75, 3.05) is 0 Å². The number of aryl methyl sites for hydroxylation is 1. The van der Waals surface area contributed by atoms with Gasteiger partial charge in [-0.25, -0.2) is 9.97 Å². The van der Waals surface area contributed by atoms with Crippen LogP contribution in [-0.4, -0.2) is 9.97 Å². The number of benzene rings is 1. The van der Waals surface area contributed by atoms with Crippen LogP contribution in [0.5, 0.6) is 0 Å². The van der Waals surface area contributed by atoms with Crippen molar-refractivity contribution in [2.24, 2.45) is 0 Å². The zero-order valence-electron chi connectivity index (χ0n) is 9.45. The molecule has 0 unspecified atom stereocenters. The van der Waals surface area contributed by atoms with Crippen molar-refractivity contribution in [1.29, 1.82) is 0 Å². The molecule has 0 fully saturated rings. The Morgan fingerprint density at radius 1 is 1.06 bits per heavy atom. The Bertz CT molecular complexity index is 737. The van der Waals surface area contributed by atoms with E-state index in [0.29, 0.717) is 16.0 Å². The second-order valence-corrected chi connectivity index (χ2v) is 5.99. The Balaban J connectivity index is 2.26. The number of rotatable bonds is 1. The molecule has 90 valence electrons. The van der Waals surface area contributed by atoms with Crippen molar-refractivity contribution in [3.8, 4) is 10.7 Å². The molecule has 0 aliphatic carbocycles. The number of halogens is 2. The summed E-state index contributed by atoms with van der Waals surface area (Å²) in [6.07, 6.45) is 0. The minimum Gasteiger partial charge on any atom is -0.227 e. The number of nitrogens with zero attached hydrogens (tertiary/aromatic N) is 2. The Hall–Kier alpha value is -1.16. The molecule has 2 aromatic heterocycles. The van der Waals surface area contributed by atoms with Gasteiger partial charge in [0, 0.05) is 15.3 Å². The lowest BCUT2D eigenvalue weighted by molar-refractivity contribution is 1.24. The van der Waals surface area contributed by atoms with Crippen LogP contribution in [0.3, 0.4) is 0 Å². The normalized spacial score (nSPS) is 11.1. The van der Waals surface area contributed by atoms with Gasteiger partial charge < -0.3 is 0 Å². The molecular weight excluding hydrogens is 287 g/mol. The summed E-state index contributed by atoms with van der Waals surface area (Å²) in [7, 11) is 0. The monoisotopic (exact) mass is 294 g/mol. The van der Waals surface area contributed by atoms with E-state index in [9.17, 15) is 0 Å². The first-order valence-electron chi connectivity index (χ1n) is 5.33. The van der Waals surface area contributed by atoms with Crippen LogP contribution in [0.1, 0.15) is 4.88 Å². The van der Waals surface area contributed by atoms with Gasteiger partial charge in [-0.1, -0.05) is 23.2 Å². The molecule has 0 aliphatic heterocycles. The SMILES string of the molecule is Cc1ccc(-c2nc(Cl)c3ccc(Cl)cc3n2)s1. The minimum absolute atomic E-state index is 0.456. The molecular formula is C13H8Cl2N2S. The van der Waals surface area contributed by atoms with E-state index in [-0.39, 0.29) is 0 Å². The van der Waals surface area contributed by atoms with Gasteiger partial charge in [0.2, 0.25) is 0 Å². The van der Waals surface area contributed by atoms with E-state index < -0.39 is 0 Å². The Morgan fingerprint density at radius 2 is 1.89 bits per heavy atom. The summed E-state index contributed by atoms with van der Waals surface area (Å²) in [5.41, 5.74) is 0.767. The van der Waals surface area contributed by atoms with Crippen molar-refractivity contribution < 1.29 is 0 Å². The first kappa shape index (κ1) is 11.9. The highest BCUT2D eigenvalue weighted by atomic mass is 35.5.